The predicted molar refractivity (Wildman–Crippen MR) is 142 cm³/mol. The Morgan fingerprint density at radius 1 is 0.500 bits per heavy atom. The van der Waals surface area contributed by atoms with Crippen molar-refractivity contribution in [3.05, 3.63) is 0 Å². The van der Waals surface area contributed by atoms with Gasteiger partial charge in [0, 0.05) is 6.42 Å². The molecule has 0 saturated carbocycles. The summed E-state index contributed by atoms with van der Waals surface area (Å²) in [4.78, 5) is 10.7. The minimum absolute atomic E-state index is 0.344. The predicted octanol–water partition coefficient (Wildman–Crippen LogP) is 10.7. The minimum atomic E-state index is -0.643. The Morgan fingerprint density at radius 3 is 1.22 bits per heavy atom. The number of hydrogen-bond acceptors (Lipinski definition) is 1. The highest BCUT2D eigenvalue weighted by molar-refractivity contribution is 5.66. The van der Waals surface area contributed by atoms with Gasteiger partial charge in [-0.2, -0.15) is 0 Å². The fourth-order valence-corrected chi connectivity index (χ4v) is 5.33. The van der Waals surface area contributed by atoms with Gasteiger partial charge in [0.05, 0.1) is 0 Å². The van der Waals surface area contributed by atoms with Gasteiger partial charge in [0.2, 0.25) is 0 Å². The molecule has 0 bridgehead atoms. The van der Waals surface area contributed by atoms with E-state index in [1.807, 2.05) is 0 Å². The molecule has 2 unspecified atom stereocenters. The molecule has 0 radical (unpaired) electrons. The summed E-state index contributed by atoms with van der Waals surface area (Å²) in [6, 6.07) is 0. The number of aliphatic carboxylic acids is 1. The third-order valence-electron chi connectivity index (χ3n) is 7.51. The Kier molecular flexibility index (Phi) is 24.7. The van der Waals surface area contributed by atoms with E-state index >= 15 is 0 Å². The maximum Gasteiger partial charge on any atom is 0.303 e. The number of carboxylic acids is 1. The molecule has 2 nitrogen and oxygen atoms in total. The molecule has 0 spiro atoms. The van der Waals surface area contributed by atoms with Gasteiger partial charge in [-0.15, -0.1) is 0 Å². The van der Waals surface area contributed by atoms with Crippen LogP contribution >= 0.6 is 0 Å². The van der Waals surface area contributed by atoms with Crippen molar-refractivity contribution >= 4 is 5.97 Å². The summed E-state index contributed by atoms with van der Waals surface area (Å²) >= 11 is 0. The number of carbonyl (C=O) groups is 1. The maximum absolute atomic E-state index is 10.7. The molecular weight excluding hydrogens is 392 g/mol. The molecule has 192 valence electrons. The topological polar surface area (TPSA) is 37.3 Å². The summed E-state index contributed by atoms with van der Waals surface area (Å²) in [7, 11) is 0. The third kappa shape index (κ3) is 21.3. The molecule has 0 aromatic carbocycles. The van der Waals surface area contributed by atoms with Gasteiger partial charge >= 0.3 is 5.97 Å². The second kappa shape index (κ2) is 25.1. The van der Waals surface area contributed by atoms with Crippen LogP contribution in [0, 0.1) is 11.8 Å². The van der Waals surface area contributed by atoms with Crippen LogP contribution in [0.3, 0.4) is 0 Å². The monoisotopic (exact) mass is 452 g/mol. The molecule has 0 aliphatic rings. The van der Waals surface area contributed by atoms with E-state index in [0.717, 1.165) is 24.7 Å². The normalized spacial score (nSPS) is 13.3. The Balaban J connectivity index is 4.23. The van der Waals surface area contributed by atoms with Gasteiger partial charge in [-0.1, -0.05) is 162 Å². The van der Waals surface area contributed by atoms with E-state index in [0.29, 0.717) is 6.42 Å². The summed E-state index contributed by atoms with van der Waals surface area (Å²) in [5, 5.41) is 8.78. The number of rotatable bonds is 26. The lowest BCUT2D eigenvalue weighted by atomic mass is 9.79. The van der Waals surface area contributed by atoms with Crippen LogP contribution < -0.4 is 0 Å². The quantitative estimate of drug-likeness (QED) is 0.132. The van der Waals surface area contributed by atoms with Crippen molar-refractivity contribution in [1.29, 1.82) is 0 Å². The molecule has 0 heterocycles. The maximum atomic E-state index is 10.7. The van der Waals surface area contributed by atoms with E-state index in [1.165, 1.54) is 135 Å². The van der Waals surface area contributed by atoms with Crippen LogP contribution in [0.4, 0.5) is 0 Å². The highest BCUT2D eigenvalue weighted by Gasteiger charge is 2.19. The molecule has 2 heteroatoms. The Bertz CT molecular complexity index is 379. The first-order valence-electron chi connectivity index (χ1n) is 14.9. The third-order valence-corrected chi connectivity index (χ3v) is 7.51. The molecule has 0 aromatic heterocycles. The van der Waals surface area contributed by atoms with Gasteiger partial charge in [0.1, 0.15) is 0 Å². The van der Waals surface area contributed by atoms with Crippen molar-refractivity contribution in [2.24, 2.45) is 11.8 Å². The lowest BCUT2D eigenvalue weighted by molar-refractivity contribution is -0.137. The number of unbranched alkanes of at least 4 members (excludes halogenated alkanes) is 16. The van der Waals surface area contributed by atoms with E-state index in [2.05, 4.69) is 20.8 Å². The van der Waals surface area contributed by atoms with Gasteiger partial charge in [-0.05, 0) is 18.3 Å². The van der Waals surface area contributed by atoms with Crippen molar-refractivity contribution in [1.82, 2.24) is 0 Å². The molecule has 2 atom stereocenters. The van der Waals surface area contributed by atoms with Gasteiger partial charge in [-0.25, -0.2) is 0 Å². The standard InChI is InChI=1S/C30H60O2/c1-4-7-9-11-13-16-20-24-28(6-3)29(25-21-17-14-12-10-8-5-2)26-22-18-15-19-23-27-30(31)32/h28-29H,4-27H2,1-3H3,(H,31,32). The van der Waals surface area contributed by atoms with Crippen LogP contribution in [0.2, 0.25) is 0 Å². The zero-order valence-electron chi connectivity index (χ0n) is 22.5. The summed E-state index contributed by atoms with van der Waals surface area (Å²) < 4.78 is 0. The average Bonchev–Trinajstić information content (AvgIpc) is 2.78. The molecule has 32 heavy (non-hydrogen) atoms. The highest BCUT2D eigenvalue weighted by atomic mass is 16.4. The van der Waals surface area contributed by atoms with Crippen LogP contribution in [-0.4, -0.2) is 11.1 Å². The molecule has 0 amide bonds. The fraction of sp³-hybridized carbons (Fsp3) is 0.967. The lowest BCUT2D eigenvalue weighted by Gasteiger charge is -2.27. The molecule has 0 rings (SSSR count). The van der Waals surface area contributed by atoms with Gasteiger partial charge < -0.3 is 5.11 Å². The molecule has 0 aliphatic carbocycles. The first-order valence-corrected chi connectivity index (χ1v) is 14.9. The van der Waals surface area contributed by atoms with E-state index in [1.54, 1.807) is 0 Å². The molecule has 0 fully saturated rings. The van der Waals surface area contributed by atoms with E-state index in [-0.39, 0.29) is 0 Å². The van der Waals surface area contributed by atoms with Crippen molar-refractivity contribution in [3.8, 4) is 0 Å². The van der Waals surface area contributed by atoms with E-state index in [9.17, 15) is 4.79 Å². The van der Waals surface area contributed by atoms with Crippen LogP contribution in [-0.2, 0) is 4.79 Å². The largest absolute Gasteiger partial charge is 0.481 e. The Labute approximate surface area is 202 Å². The second-order valence-corrected chi connectivity index (χ2v) is 10.4. The van der Waals surface area contributed by atoms with Crippen LogP contribution in [0.1, 0.15) is 175 Å². The van der Waals surface area contributed by atoms with Crippen LogP contribution in [0.5, 0.6) is 0 Å². The average molecular weight is 453 g/mol. The van der Waals surface area contributed by atoms with Crippen LogP contribution in [0.15, 0.2) is 0 Å². The lowest BCUT2D eigenvalue weighted by Crippen LogP contribution is -2.15. The Hall–Kier alpha value is -0.530. The zero-order valence-corrected chi connectivity index (χ0v) is 22.5. The molecule has 0 aromatic rings. The molecule has 1 N–H and O–H groups in total. The Morgan fingerprint density at radius 2 is 0.844 bits per heavy atom. The van der Waals surface area contributed by atoms with Crippen LogP contribution in [0.25, 0.3) is 0 Å². The summed E-state index contributed by atoms with van der Waals surface area (Å²) in [5.74, 6) is 1.21. The fourth-order valence-electron chi connectivity index (χ4n) is 5.33. The molecular formula is C30H60O2. The molecule has 0 saturated heterocycles. The smallest absolute Gasteiger partial charge is 0.303 e. The molecule has 0 aliphatic heterocycles. The van der Waals surface area contributed by atoms with Crippen molar-refractivity contribution < 1.29 is 9.90 Å². The second-order valence-electron chi connectivity index (χ2n) is 10.4. The van der Waals surface area contributed by atoms with Gasteiger partial charge in [0.15, 0.2) is 0 Å². The van der Waals surface area contributed by atoms with E-state index < -0.39 is 5.97 Å². The highest BCUT2D eigenvalue weighted by Crippen LogP contribution is 2.32. The summed E-state index contributed by atoms with van der Waals surface area (Å²) in [6.07, 6.45) is 31.7. The first-order chi connectivity index (χ1) is 15.7. The number of hydrogen-bond donors (Lipinski definition) is 1. The van der Waals surface area contributed by atoms with Crippen molar-refractivity contribution in [2.75, 3.05) is 0 Å². The van der Waals surface area contributed by atoms with Crippen molar-refractivity contribution in [2.45, 2.75) is 175 Å². The zero-order chi connectivity index (χ0) is 23.7. The summed E-state index contributed by atoms with van der Waals surface area (Å²) in [6.45, 7) is 7.02. The SMILES string of the molecule is CCCCCCCCCC(CC)C(CCCCCCCCC)CCCCCCCC(=O)O. The van der Waals surface area contributed by atoms with Gasteiger partial charge in [0.25, 0.3) is 0 Å². The first kappa shape index (κ1) is 31.5. The van der Waals surface area contributed by atoms with E-state index in [4.69, 9.17) is 5.11 Å². The summed E-state index contributed by atoms with van der Waals surface area (Å²) in [5.41, 5.74) is 0. The van der Waals surface area contributed by atoms with Crippen molar-refractivity contribution in [3.63, 3.8) is 0 Å². The van der Waals surface area contributed by atoms with Gasteiger partial charge in [-0.3, -0.25) is 4.79 Å². The minimum Gasteiger partial charge on any atom is -0.481 e. The number of carboxylic acid groups (broad SMARTS) is 1.